The summed E-state index contributed by atoms with van der Waals surface area (Å²) in [7, 11) is 0.565. The van der Waals surface area contributed by atoms with Crippen molar-refractivity contribution >= 4 is 23.4 Å². The van der Waals surface area contributed by atoms with Crippen LogP contribution in [0, 0.1) is 18.6 Å². The Morgan fingerprint density at radius 2 is 1.75 bits per heavy atom. The minimum Gasteiger partial charge on any atom is -0.384 e. The van der Waals surface area contributed by atoms with Gasteiger partial charge in [-0.15, -0.1) is 11.8 Å². The molecule has 4 aromatic carbocycles. The van der Waals surface area contributed by atoms with Gasteiger partial charge in [0, 0.05) is 75.4 Å². The molecule has 1 atom stereocenters. The highest BCUT2D eigenvalue weighted by Gasteiger charge is 2.33. The number of aliphatic hydroxyl groups excluding tert-OH is 1. The highest BCUT2D eigenvalue weighted by molar-refractivity contribution is 8.02. The Morgan fingerprint density at radius 1 is 1.08 bits per heavy atom. The van der Waals surface area contributed by atoms with Crippen molar-refractivity contribution < 1.29 is 62.6 Å². The van der Waals surface area contributed by atoms with Gasteiger partial charge in [-0.2, -0.15) is 13.2 Å². The van der Waals surface area contributed by atoms with E-state index in [0.717, 1.165) is 66.7 Å². The molecule has 0 saturated carbocycles. The number of hydrogen-bond acceptors (Lipinski definition) is 6. The quantitative estimate of drug-likeness (QED) is 0.146. The van der Waals surface area contributed by atoms with Crippen molar-refractivity contribution in [2.24, 2.45) is 0 Å². The third-order valence-corrected chi connectivity index (χ3v) is 8.73. The van der Waals surface area contributed by atoms with E-state index >= 15 is 9.18 Å². The van der Waals surface area contributed by atoms with Crippen LogP contribution in [0.1, 0.15) is 72.7 Å². The van der Waals surface area contributed by atoms with Gasteiger partial charge in [0.2, 0.25) is 5.91 Å². The van der Waals surface area contributed by atoms with E-state index in [0.29, 0.717) is 23.8 Å². The minimum atomic E-state index is -4.73. The standard InChI is InChI=1S/C41H42F5N3O3S/c1-27-6-15-36-34(22-27)37(50)23-39(53-26-31-4-3-5-35(42)40(31)43)49(36)25-38(51)48(33-16-18-47(19-17-33)20-21-52-2)24-28-7-9-29(10-8-28)30-11-13-32(14-12-30)41(44,45)46/h3-15,22-23,33,37,50H,16-21,24-26H2,1-2H3/i6D,15D,16D2,17D2,18D2,19D2,20D2,21D2,22D,23D,24D2,33D. The average Bonchev–Trinajstić information content (AvgIpc) is 3.28. The molecular weight excluding hydrogens is 710 g/mol. The summed E-state index contributed by atoms with van der Waals surface area (Å²) < 4.78 is 245. The number of amides is 1. The third-order valence-electron chi connectivity index (χ3n) is 7.66. The van der Waals surface area contributed by atoms with E-state index in [1.165, 1.54) is 6.92 Å². The van der Waals surface area contributed by atoms with Crippen LogP contribution in [-0.2, 0) is 28.0 Å². The maximum absolute atomic E-state index is 15.5. The molecule has 280 valence electrons. The van der Waals surface area contributed by atoms with Crippen molar-refractivity contribution in [2.45, 2.75) is 50.2 Å². The number of ether oxygens (including phenoxy) is 1. The highest BCUT2D eigenvalue weighted by atomic mass is 32.2. The molecule has 1 N–H and O–H groups in total. The van der Waals surface area contributed by atoms with Crippen LogP contribution < -0.4 is 4.90 Å². The Hall–Kier alpha value is -4.23. The van der Waals surface area contributed by atoms with Gasteiger partial charge in [-0.25, -0.2) is 8.78 Å². The first-order valence-corrected chi connectivity index (χ1v) is 16.5. The second kappa shape index (κ2) is 16.8. The normalized spacial score (nSPS) is 27.4. The number of piperidine rings is 1. The number of anilines is 1. The zero-order valence-corrected chi connectivity index (χ0v) is 28.6. The number of halogens is 5. The Bertz CT molecular complexity index is 2790. The first-order valence-electron chi connectivity index (χ1n) is 25.0. The number of carbonyl (C=O) groups excluding carboxylic acids is 1. The van der Waals surface area contributed by atoms with Crippen LogP contribution in [0.25, 0.3) is 11.1 Å². The van der Waals surface area contributed by atoms with Gasteiger partial charge in [0.05, 0.1) is 29.5 Å². The summed E-state index contributed by atoms with van der Waals surface area (Å²) in [6.07, 6.45) is -16.1. The zero-order valence-electron chi connectivity index (χ0n) is 46.7. The fourth-order valence-corrected chi connectivity index (χ4v) is 6.09. The van der Waals surface area contributed by atoms with Crippen molar-refractivity contribution in [3.63, 3.8) is 0 Å². The van der Waals surface area contributed by atoms with Gasteiger partial charge in [0.25, 0.3) is 0 Å². The SMILES string of the molecule is [2H]C1=C(SCc2cccc(F)c2F)N(CC(=O)N(C([2H])([2H])c2ccc(-c3ccc(C(F)(F)F)cc3)cc2)C2([2H])C([2H])([2H])C([2H])([2H])N(C([2H])([2H])C([2H])([2H])OC)C([2H])([2H])C2([2H])[2H])c2c([2H])c([2H])c(C)c([2H])c2C1O. The molecule has 1 amide bonds. The summed E-state index contributed by atoms with van der Waals surface area (Å²) in [5.41, 5.74) is -3.58. The number of rotatable bonds is 12. The number of thioether (sulfide) groups is 1. The van der Waals surface area contributed by atoms with Gasteiger partial charge in [-0.1, -0.05) is 66.2 Å². The fraction of sp³-hybridized carbons (Fsp3) is 0.341. The summed E-state index contributed by atoms with van der Waals surface area (Å²) in [5.74, 6) is -5.36. The molecule has 6 nitrogen and oxygen atoms in total. The van der Waals surface area contributed by atoms with Gasteiger partial charge in [-0.05, 0) is 66.7 Å². The lowest BCUT2D eigenvalue weighted by Crippen LogP contribution is -2.50. The molecule has 1 unspecified atom stereocenters. The molecule has 0 aliphatic carbocycles. The number of aliphatic hydroxyl groups is 1. The molecule has 1 fully saturated rings. The second-order valence-electron chi connectivity index (χ2n) is 11.3. The number of carbonyl (C=O) groups is 1. The van der Waals surface area contributed by atoms with Crippen LogP contribution in [0.3, 0.4) is 0 Å². The minimum absolute atomic E-state index is 0.0895. The van der Waals surface area contributed by atoms with Crippen LogP contribution in [0.4, 0.5) is 27.6 Å². The molecule has 0 bridgehead atoms. The maximum atomic E-state index is 15.5. The number of fused-ring (bicyclic) bond motifs is 1. The van der Waals surface area contributed by atoms with Gasteiger partial charge < -0.3 is 24.5 Å². The molecule has 12 heteroatoms. The molecule has 2 aliphatic heterocycles. The number of benzene rings is 4. The first kappa shape index (κ1) is 21.0. The van der Waals surface area contributed by atoms with Gasteiger partial charge >= 0.3 is 6.18 Å². The molecule has 0 radical (unpaired) electrons. The summed E-state index contributed by atoms with van der Waals surface area (Å²) in [6, 6.07) is 2.66. The highest BCUT2D eigenvalue weighted by Crippen LogP contribution is 2.41. The predicted octanol–water partition coefficient (Wildman–Crippen LogP) is 8.73. The van der Waals surface area contributed by atoms with E-state index in [1.807, 2.05) is 0 Å². The summed E-state index contributed by atoms with van der Waals surface area (Å²) in [6.45, 7) is -21.3. The summed E-state index contributed by atoms with van der Waals surface area (Å²) >= 11 is 0.390. The van der Waals surface area contributed by atoms with Crippen LogP contribution >= 0.6 is 11.8 Å². The van der Waals surface area contributed by atoms with Crippen LogP contribution in [0.15, 0.2) is 95.9 Å². The predicted molar refractivity (Wildman–Crippen MR) is 198 cm³/mol. The molecule has 2 aliphatic rings. The van der Waals surface area contributed by atoms with E-state index in [4.69, 9.17) is 16.4 Å². The monoisotopic (exact) mass is 770 g/mol. The molecule has 1 saturated heterocycles. The van der Waals surface area contributed by atoms with Crippen molar-refractivity contribution in [3.8, 4) is 11.1 Å². The number of alkyl halides is 3. The van der Waals surface area contributed by atoms with Gasteiger partial charge in [-0.3, -0.25) is 4.79 Å². The largest absolute Gasteiger partial charge is 0.416 e. The van der Waals surface area contributed by atoms with E-state index in [1.54, 1.807) is 0 Å². The Kier molecular flexibility index (Phi) is 6.68. The van der Waals surface area contributed by atoms with Crippen LogP contribution in [0.5, 0.6) is 0 Å². The van der Waals surface area contributed by atoms with Gasteiger partial charge in [0.15, 0.2) is 11.6 Å². The molecule has 53 heavy (non-hydrogen) atoms. The van der Waals surface area contributed by atoms with Crippen molar-refractivity contribution in [1.82, 2.24) is 9.80 Å². The van der Waals surface area contributed by atoms with E-state index in [-0.39, 0.29) is 22.3 Å². The molecular formula is C41H42F5N3O3S. The third kappa shape index (κ3) is 9.29. The Morgan fingerprint density at radius 3 is 2.42 bits per heavy atom. The van der Waals surface area contributed by atoms with E-state index < -0.39 is 155 Å². The van der Waals surface area contributed by atoms with Crippen LogP contribution in [-0.4, -0.2) is 66.5 Å². The Labute approximate surface area is 337 Å². The summed E-state index contributed by atoms with van der Waals surface area (Å²) in [4.78, 5) is 14.7. The lowest BCUT2D eigenvalue weighted by molar-refractivity contribution is -0.137. The summed E-state index contributed by atoms with van der Waals surface area (Å²) in [5, 5.41) is 10.9. The smallest absolute Gasteiger partial charge is 0.384 e. The average molecular weight is 771 g/mol. The molecule has 6 rings (SSSR count). The van der Waals surface area contributed by atoms with Crippen LogP contribution in [0.2, 0.25) is 0 Å². The van der Waals surface area contributed by atoms with Gasteiger partial charge in [0.1, 0.15) is 12.6 Å². The number of hydrogen-bond donors (Lipinski definition) is 1. The molecule has 0 spiro atoms. The number of methoxy groups -OCH3 is 1. The maximum Gasteiger partial charge on any atom is 0.416 e. The number of likely N-dealkylation sites (tertiary alicyclic amines) is 1. The lowest BCUT2D eigenvalue weighted by atomic mass is 9.99. The molecule has 2 heterocycles. The zero-order chi connectivity index (χ0) is 54.7. The molecule has 4 aromatic rings. The topological polar surface area (TPSA) is 56.3 Å². The number of nitrogens with zero attached hydrogens (tertiary/aromatic N) is 3. The van der Waals surface area contributed by atoms with Crippen molar-refractivity contribution in [1.29, 1.82) is 0 Å². The van der Waals surface area contributed by atoms with E-state index in [9.17, 15) is 32.3 Å². The second-order valence-corrected chi connectivity index (χ2v) is 12.2. The van der Waals surface area contributed by atoms with E-state index in [2.05, 4.69) is 4.74 Å². The molecule has 0 aromatic heterocycles. The Balaban J connectivity index is 1.63. The first-order chi connectivity index (χ1) is 32.7. The van der Waals surface area contributed by atoms with Crippen molar-refractivity contribution in [3.05, 3.63) is 135 Å². The van der Waals surface area contributed by atoms with Crippen molar-refractivity contribution in [2.75, 3.05) is 44.6 Å². The lowest BCUT2D eigenvalue weighted by Gasteiger charge is -2.40. The fourth-order valence-electron chi connectivity index (χ4n) is 5.07.